The zero-order valence-corrected chi connectivity index (χ0v) is 45.0. The minimum atomic E-state index is -0.791. The molecule has 0 aromatic heterocycles. The molecule has 0 saturated heterocycles. The van der Waals surface area contributed by atoms with Crippen LogP contribution < -0.4 is 0 Å². The van der Waals surface area contributed by atoms with Gasteiger partial charge in [-0.3, -0.25) is 14.4 Å². The van der Waals surface area contributed by atoms with Crippen molar-refractivity contribution >= 4 is 17.9 Å². The fraction of sp³-hybridized carbons (Fsp3) is 0.698. The maximum absolute atomic E-state index is 12.9. The first kappa shape index (κ1) is 65.3. The van der Waals surface area contributed by atoms with Gasteiger partial charge in [0.05, 0.1) is 0 Å². The predicted octanol–water partition coefficient (Wildman–Crippen LogP) is 19.3. The molecule has 0 radical (unpaired) electrons. The van der Waals surface area contributed by atoms with Gasteiger partial charge in [-0.15, -0.1) is 0 Å². The number of unbranched alkanes of at least 4 members (excludes halogenated alkanes) is 24. The lowest BCUT2D eigenvalue weighted by Crippen LogP contribution is -2.30. The van der Waals surface area contributed by atoms with E-state index in [4.69, 9.17) is 14.2 Å². The van der Waals surface area contributed by atoms with Crippen molar-refractivity contribution in [1.82, 2.24) is 0 Å². The van der Waals surface area contributed by atoms with E-state index in [9.17, 15) is 14.4 Å². The highest BCUT2D eigenvalue weighted by Crippen LogP contribution is 2.15. The molecular weight excluding hydrogens is 853 g/mol. The Morgan fingerprint density at radius 2 is 0.565 bits per heavy atom. The summed E-state index contributed by atoms with van der Waals surface area (Å²) in [6.45, 7) is 6.40. The van der Waals surface area contributed by atoms with E-state index >= 15 is 0 Å². The summed E-state index contributed by atoms with van der Waals surface area (Å²) in [7, 11) is 0. The second kappa shape index (κ2) is 56.9. The highest BCUT2D eigenvalue weighted by molar-refractivity contribution is 5.71. The topological polar surface area (TPSA) is 78.9 Å². The number of carbonyl (C=O) groups excluding carboxylic acids is 3. The fourth-order valence-corrected chi connectivity index (χ4v) is 7.84. The van der Waals surface area contributed by atoms with Crippen molar-refractivity contribution in [2.75, 3.05) is 13.2 Å². The van der Waals surface area contributed by atoms with E-state index in [2.05, 4.69) is 118 Å². The average Bonchev–Trinajstić information content (AvgIpc) is 3.35. The van der Waals surface area contributed by atoms with Gasteiger partial charge in [0.1, 0.15) is 13.2 Å². The number of hydrogen-bond donors (Lipinski definition) is 0. The molecule has 0 bridgehead atoms. The molecule has 69 heavy (non-hydrogen) atoms. The molecule has 394 valence electrons. The number of carbonyl (C=O) groups is 3. The summed E-state index contributed by atoms with van der Waals surface area (Å²) in [5.74, 6) is -0.911. The van der Waals surface area contributed by atoms with Crippen molar-refractivity contribution in [1.29, 1.82) is 0 Å². The van der Waals surface area contributed by atoms with Crippen LogP contribution in [-0.4, -0.2) is 37.2 Å². The van der Waals surface area contributed by atoms with E-state index in [0.29, 0.717) is 19.3 Å². The Morgan fingerprint density at radius 3 is 0.884 bits per heavy atom. The summed E-state index contributed by atoms with van der Waals surface area (Å²) in [6.07, 6.45) is 75.3. The monoisotopic (exact) mass is 959 g/mol. The van der Waals surface area contributed by atoms with Gasteiger partial charge in [0.2, 0.25) is 0 Å². The van der Waals surface area contributed by atoms with Gasteiger partial charge >= 0.3 is 17.9 Å². The smallest absolute Gasteiger partial charge is 0.306 e. The molecule has 1 unspecified atom stereocenters. The molecule has 0 aliphatic carbocycles. The number of ether oxygens (including phenoxy) is 3. The van der Waals surface area contributed by atoms with Gasteiger partial charge < -0.3 is 14.2 Å². The highest BCUT2D eigenvalue weighted by Gasteiger charge is 2.19. The third-order valence-electron chi connectivity index (χ3n) is 12.1. The third kappa shape index (κ3) is 55.1. The first-order valence-corrected chi connectivity index (χ1v) is 28.7. The van der Waals surface area contributed by atoms with Crippen molar-refractivity contribution in [2.24, 2.45) is 0 Å². The molecule has 6 nitrogen and oxygen atoms in total. The summed E-state index contributed by atoms with van der Waals surface area (Å²) >= 11 is 0. The zero-order chi connectivity index (χ0) is 50.0. The van der Waals surface area contributed by atoms with Gasteiger partial charge in [-0.05, 0) is 96.3 Å². The summed E-state index contributed by atoms with van der Waals surface area (Å²) in [6, 6.07) is 0. The molecule has 0 heterocycles. The zero-order valence-electron chi connectivity index (χ0n) is 45.0. The Hall–Kier alpha value is -3.67. The van der Waals surface area contributed by atoms with Crippen molar-refractivity contribution in [2.45, 2.75) is 271 Å². The van der Waals surface area contributed by atoms with E-state index in [-0.39, 0.29) is 31.1 Å². The van der Waals surface area contributed by atoms with Gasteiger partial charge in [0.25, 0.3) is 0 Å². The predicted molar refractivity (Wildman–Crippen MR) is 297 cm³/mol. The van der Waals surface area contributed by atoms with E-state index in [1.54, 1.807) is 0 Å². The maximum atomic E-state index is 12.9. The van der Waals surface area contributed by atoms with Gasteiger partial charge in [-0.2, -0.15) is 0 Å². The molecule has 0 fully saturated rings. The summed E-state index contributed by atoms with van der Waals surface area (Å²) < 4.78 is 16.9. The minimum Gasteiger partial charge on any atom is -0.462 e. The van der Waals surface area contributed by atoms with Crippen LogP contribution >= 0.6 is 0 Å². The average molecular weight is 960 g/mol. The second-order valence-corrected chi connectivity index (χ2v) is 18.8. The molecule has 0 aromatic rings. The number of allylic oxidation sites excluding steroid dienone is 16. The third-order valence-corrected chi connectivity index (χ3v) is 12.1. The lowest BCUT2D eigenvalue weighted by atomic mass is 10.0. The first-order valence-electron chi connectivity index (χ1n) is 28.7. The molecule has 6 heteroatoms. The van der Waals surface area contributed by atoms with E-state index in [1.807, 2.05) is 0 Å². The molecule has 0 aromatic carbocycles. The van der Waals surface area contributed by atoms with Crippen molar-refractivity contribution in [3.05, 3.63) is 97.2 Å². The van der Waals surface area contributed by atoms with E-state index < -0.39 is 6.10 Å². The minimum absolute atomic E-state index is 0.0868. The van der Waals surface area contributed by atoms with Crippen molar-refractivity contribution in [3.63, 3.8) is 0 Å². The lowest BCUT2D eigenvalue weighted by Gasteiger charge is -2.18. The lowest BCUT2D eigenvalue weighted by molar-refractivity contribution is -0.167. The largest absolute Gasteiger partial charge is 0.462 e. The van der Waals surface area contributed by atoms with Gasteiger partial charge in [0, 0.05) is 19.3 Å². The highest BCUT2D eigenvalue weighted by atomic mass is 16.6. The number of hydrogen-bond acceptors (Lipinski definition) is 6. The van der Waals surface area contributed by atoms with Gasteiger partial charge in [-0.25, -0.2) is 0 Å². The van der Waals surface area contributed by atoms with Crippen LogP contribution in [0.15, 0.2) is 97.2 Å². The van der Waals surface area contributed by atoms with Crippen molar-refractivity contribution < 1.29 is 28.6 Å². The quantitative estimate of drug-likeness (QED) is 0.0262. The van der Waals surface area contributed by atoms with Crippen LogP contribution in [0.1, 0.15) is 265 Å². The van der Waals surface area contributed by atoms with E-state index in [0.717, 1.165) is 135 Å². The fourth-order valence-electron chi connectivity index (χ4n) is 7.84. The SMILES string of the molecule is CC/C=C\C/C=C\C/C=C\C/C=C\CCCCCCCCC(=O)OCC(COC(=O)CCCCCCCCCCCCCCC)OC(=O)CCCCCCCC/C=C\C/C=C\C/C=C\C/C=C\CC. The Balaban J connectivity index is 4.43. The van der Waals surface area contributed by atoms with Crippen LogP contribution in [0, 0.1) is 0 Å². The molecule has 0 rings (SSSR count). The molecule has 0 N–H and O–H groups in total. The first-order chi connectivity index (χ1) is 34.0. The summed E-state index contributed by atoms with van der Waals surface area (Å²) in [5.41, 5.74) is 0. The molecule has 0 saturated carbocycles. The second-order valence-electron chi connectivity index (χ2n) is 18.8. The van der Waals surface area contributed by atoms with Crippen LogP contribution in [-0.2, 0) is 28.6 Å². The van der Waals surface area contributed by atoms with Gasteiger partial charge in [-0.1, -0.05) is 246 Å². The van der Waals surface area contributed by atoms with Crippen LogP contribution in [0.2, 0.25) is 0 Å². The Morgan fingerprint density at radius 1 is 0.304 bits per heavy atom. The van der Waals surface area contributed by atoms with Crippen LogP contribution in [0.4, 0.5) is 0 Å². The molecule has 0 amide bonds. The molecular formula is C63H106O6. The molecule has 1 atom stereocenters. The van der Waals surface area contributed by atoms with Crippen LogP contribution in [0.25, 0.3) is 0 Å². The number of rotatable bonds is 51. The van der Waals surface area contributed by atoms with Gasteiger partial charge in [0.15, 0.2) is 6.10 Å². The van der Waals surface area contributed by atoms with Crippen molar-refractivity contribution in [3.8, 4) is 0 Å². The Bertz CT molecular complexity index is 1380. The van der Waals surface area contributed by atoms with Crippen LogP contribution in [0.5, 0.6) is 0 Å². The summed E-state index contributed by atoms with van der Waals surface area (Å²) in [5, 5.41) is 0. The molecule has 0 aliphatic heterocycles. The normalized spacial score (nSPS) is 12.8. The maximum Gasteiger partial charge on any atom is 0.306 e. The number of esters is 3. The molecule has 0 spiro atoms. The Kier molecular flexibility index (Phi) is 53.9. The molecule has 0 aliphatic rings. The standard InChI is InChI=1S/C63H106O6/c1-4-7-10-13-16-19-22-25-27-29-31-33-35-38-41-44-47-50-53-56-62(65)68-59-60(58-67-61(64)55-52-49-46-43-40-37-24-21-18-15-12-9-6-3)69-63(66)57-54-51-48-45-42-39-36-34-32-30-28-26-23-20-17-14-11-8-5-2/h7-8,10-11,16-17,19-20,25-28,31-34,60H,4-6,9,12-15,18,21-24,29-30,35-59H2,1-3H3/b10-7-,11-8-,19-16-,20-17-,27-25-,28-26-,33-31-,34-32-. The summed E-state index contributed by atoms with van der Waals surface area (Å²) in [4.78, 5) is 38.2. The van der Waals surface area contributed by atoms with Crippen LogP contribution in [0.3, 0.4) is 0 Å². The Labute approximate surface area is 426 Å². The van der Waals surface area contributed by atoms with E-state index in [1.165, 1.54) is 89.9 Å².